The summed E-state index contributed by atoms with van der Waals surface area (Å²) in [7, 11) is -6.78. The van der Waals surface area contributed by atoms with Crippen molar-refractivity contribution < 1.29 is 30.7 Å². The Hall–Kier alpha value is -2.31. The van der Waals surface area contributed by atoms with E-state index in [0.717, 1.165) is 38.0 Å². The van der Waals surface area contributed by atoms with Crippen LogP contribution in [-0.4, -0.2) is 60.8 Å². The number of piperidine rings is 1. The first-order chi connectivity index (χ1) is 16.0. The Morgan fingerprint density at radius 3 is 2.24 bits per heavy atom. The van der Waals surface area contributed by atoms with Gasteiger partial charge in [-0.1, -0.05) is 0 Å². The van der Waals surface area contributed by atoms with Crippen LogP contribution >= 0.6 is 0 Å². The van der Waals surface area contributed by atoms with E-state index in [1.807, 2.05) is 0 Å². The zero-order valence-corrected chi connectivity index (χ0v) is 20.5. The van der Waals surface area contributed by atoms with Gasteiger partial charge in [0.1, 0.15) is 12.4 Å². The summed E-state index contributed by atoms with van der Waals surface area (Å²) in [6.07, 6.45) is 6.38. The molecule has 0 radical (unpaired) electrons. The first kappa shape index (κ1) is 23.4. The number of nitrogens with zero attached hydrogens (tertiary/aromatic N) is 3. The first-order valence-corrected chi connectivity index (χ1v) is 14.6. The maximum Gasteiger partial charge on any atom is 0.229 e. The van der Waals surface area contributed by atoms with Gasteiger partial charge in [0, 0.05) is 31.2 Å². The Balaban J connectivity index is 1.31. The number of halogens is 1. The number of sulfonamides is 1. The van der Waals surface area contributed by atoms with Gasteiger partial charge < -0.3 is 9.47 Å². The molecule has 3 heterocycles. The second-order valence-electron chi connectivity index (χ2n) is 9.25. The highest BCUT2D eigenvalue weighted by Gasteiger charge is 2.52. The Labute approximate surface area is 198 Å². The van der Waals surface area contributed by atoms with Crippen molar-refractivity contribution in [2.24, 2.45) is 0 Å². The third-order valence-corrected chi connectivity index (χ3v) is 10.3. The van der Waals surface area contributed by atoms with Gasteiger partial charge in [0.05, 0.1) is 15.7 Å². The van der Waals surface area contributed by atoms with E-state index in [4.69, 9.17) is 9.47 Å². The van der Waals surface area contributed by atoms with Crippen LogP contribution in [-0.2, 0) is 19.9 Å². The lowest BCUT2D eigenvalue weighted by Gasteiger charge is -2.37. The molecule has 1 aromatic heterocycles. The van der Waals surface area contributed by atoms with Crippen LogP contribution in [0.2, 0.25) is 0 Å². The molecule has 2 aromatic rings. The third kappa shape index (κ3) is 4.38. The van der Waals surface area contributed by atoms with Crippen LogP contribution in [0.15, 0.2) is 29.4 Å². The summed E-state index contributed by atoms with van der Waals surface area (Å²) in [6, 6.07) is 3.28. The molecule has 34 heavy (non-hydrogen) atoms. The lowest BCUT2D eigenvalue weighted by Crippen LogP contribution is -2.50. The van der Waals surface area contributed by atoms with E-state index in [0.29, 0.717) is 24.3 Å². The minimum absolute atomic E-state index is 0.0605. The zero-order chi connectivity index (χ0) is 24.3. The first-order valence-electron chi connectivity index (χ1n) is 11.2. The largest absolute Gasteiger partial charge is 0.474 e. The van der Waals surface area contributed by atoms with E-state index in [9.17, 15) is 21.2 Å². The lowest BCUT2D eigenvalue weighted by molar-refractivity contribution is 0.0906. The highest BCUT2D eigenvalue weighted by Crippen LogP contribution is 2.44. The number of rotatable bonds is 7. The number of benzene rings is 1. The van der Waals surface area contributed by atoms with Crippen LogP contribution in [0.5, 0.6) is 17.5 Å². The standard InChI is InChI=1S/C22H26FN3O6S2/c1-13-21(24-12-25-22(13)32-20-8-7-18(11-19(20)23)33(2,27)28)31-16-9-14-3-4-15(10-16)26(14)34(29,30)17-5-6-17/h7-8,11-12,14-17H,3-6,9-10H2,1-2H3/t14-,15?,16+/m0/s1. The Kier molecular flexibility index (Phi) is 5.80. The molecule has 2 bridgehead atoms. The van der Waals surface area contributed by atoms with E-state index in [2.05, 4.69) is 9.97 Å². The van der Waals surface area contributed by atoms with E-state index in [1.165, 1.54) is 18.5 Å². The molecular weight excluding hydrogens is 485 g/mol. The zero-order valence-electron chi connectivity index (χ0n) is 18.8. The minimum Gasteiger partial charge on any atom is -0.474 e. The summed E-state index contributed by atoms with van der Waals surface area (Å²) in [5, 5.41) is -0.219. The fraction of sp³-hybridized carbons (Fsp3) is 0.545. The number of hydrogen-bond donors (Lipinski definition) is 0. The molecule has 2 saturated heterocycles. The highest BCUT2D eigenvalue weighted by molar-refractivity contribution is 7.90. The lowest BCUT2D eigenvalue weighted by atomic mass is 10.0. The molecule has 0 N–H and O–H groups in total. The van der Waals surface area contributed by atoms with Gasteiger partial charge in [0.15, 0.2) is 21.4 Å². The van der Waals surface area contributed by atoms with Crippen molar-refractivity contribution in [1.82, 2.24) is 14.3 Å². The van der Waals surface area contributed by atoms with Gasteiger partial charge in [-0.15, -0.1) is 0 Å². The van der Waals surface area contributed by atoms with Crippen molar-refractivity contribution in [1.29, 1.82) is 0 Å². The molecule has 0 spiro atoms. The maximum absolute atomic E-state index is 14.4. The van der Waals surface area contributed by atoms with E-state index in [-0.39, 0.29) is 40.0 Å². The maximum atomic E-state index is 14.4. The van der Waals surface area contributed by atoms with E-state index >= 15 is 0 Å². The molecule has 3 fully saturated rings. The molecule has 3 aliphatic rings. The molecule has 1 aromatic carbocycles. The van der Waals surface area contributed by atoms with Crippen LogP contribution in [0.25, 0.3) is 0 Å². The van der Waals surface area contributed by atoms with Crippen LogP contribution in [0, 0.1) is 12.7 Å². The predicted octanol–water partition coefficient (Wildman–Crippen LogP) is 2.99. The van der Waals surface area contributed by atoms with Crippen LogP contribution in [0.3, 0.4) is 0 Å². The number of hydrogen-bond acceptors (Lipinski definition) is 8. The number of aromatic nitrogens is 2. The van der Waals surface area contributed by atoms with Crippen molar-refractivity contribution in [2.45, 2.75) is 73.8 Å². The van der Waals surface area contributed by atoms with Crippen LogP contribution in [0.4, 0.5) is 4.39 Å². The smallest absolute Gasteiger partial charge is 0.229 e. The van der Waals surface area contributed by atoms with Crippen LogP contribution in [0.1, 0.15) is 44.1 Å². The minimum atomic E-state index is -3.55. The van der Waals surface area contributed by atoms with Crippen molar-refractivity contribution >= 4 is 19.9 Å². The fourth-order valence-electron chi connectivity index (χ4n) is 4.83. The monoisotopic (exact) mass is 511 g/mol. The van der Waals surface area contributed by atoms with E-state index < -0.39 is 25.7 Å². The predicted molar refractivity (Wildman–Crippen MR) is 121 cm³/mol. The van der Waals surface area contributed by atoms with Crippen molar-refractivity contribution in [3.63, 3.8) is 0 Å². The van der Waals surface area contributed by atoms with Crippen molar-refractivity contribution in [3.05, 3.63) is 35.9 Å². The van der Waals surface area contributed by atoms with Crippen LogP contribution < -0.4 is 9.47 Å². The highest BCUT2D eigenvalue weighted by atomic mass is 32.2. The number of fused-ring (bicyclic) bond motifs is 2. The number of ether oxygens (including phenoxy) is 2. The molecular formula is C22H26FN3O6S2. The van der Waals surface area contributed by atoms with Gasteiger partial charge in [0.25, 0.3) is 0 Å². The molecule has 0 amide bonds. The molecule has 9 nitrogen and oxygen atoms in total. The normalized spacial score (nSPS) is 25.3. The Morgan fingerprint density at radius 1 is 1.00 bits per heavy atom. The van der Waals surface area contributed by atoms with E-state index in [1.54, 1.807) is 11.2 Å². The quantitative estimate of drug-likeness (QED) is 0.557. The van der Waals surface area contributed by atoms with Gasteiger partial charge in [-0.3, -0.25) is 0 Å². The molecule has 5 rings (SSSR count). The fourth-order valence-corrected chi connectivity index (χ4v) is 7.75. The summed E-state index contributed by atoms with van der Waals surface area (Å²) >= 11 is 0. The molecule has 2 aliphatic heterocycles. The molecule has 184 valence electrons. The third-order valence-electron chi connectivity index (χ3n) is 6.67. The SMILES string of the molecule is Cc1c(Oc2ccc(S(C)(=O)=O)cc2F)ncnc1O[C@H]1CC2CC[C@@H](C1)N2S(=O)(=O)C1CC1. The van der Waals surface area contributed by atoms with Crippen molar-refractivity contribution in [3.8, 4) is 17.5 Å². The Bertz CT molecular complexity index is 1320. The molecule has 1 unspecified atom stereocenters. The van der Waals surface area contributed by atoms with Crippen molar-refractivity contribution in [2.75, 3.05) is 6.26 Å². The molecule has 12 heteroatoms. The topological polar surface area (TPSA) is 116 Å². The average molecular weight is 512 g/mol. The summed E-state index contributed by atoms with van der Waals surface area (Å²) in [5.74, 6) is -0.616. The number of sulfone groups is 1. The second kappa shape index (κ2) is 8.42. The van der Waals surface area contributed by atoms with Gasteiger partial charge in [-0.2, -0.15) is 4.31 Å². The second-order valence-corrected chi connectivity index (χ2v) is 13.4. The van der Waals surface area contributed by atoms with Gasteiger partial charge in [0.2, 0.25) is 21.8 Å². The summed E-state index contributed by atoms with van der Waals surface area (Å²) < 4.78 is 76.8. The molecule has 1 aliphatic carbocycles. The summed E-state index contributed by atoms with van der Waals surface area (Å²) in [6.45, 7) is 1.69. The van der Waals surface area contributed by atoms with Gasteiger partial charge >= 0.3 is 0 Å². The molecule has 3 atom stereocenters. The summed E-state index contributed by atoms with van der Waals surface area (Å²) in [4.78, 5) is 8.12. The molecule has 1 saturated carbocycles. The summed E-state index contributed by atoms with van der Waals surface area (Å²) in [5.41, 5.74) is 0.467. The Morgan fingerprint density at radius 2 is 1.65 bits per heavy atom. The van der Waals surface area contributed by atoms with Gasteiger partial charge in [-0.25, -0.2) is 31.2 Å². The average Bonchev–Trinajstić information content (AvgIpc) is 3.57. The van der Waals surface area contributed by atoms with Gasteiger partial charge in [-0.05, 0) is 50.8 Å².